The predicted octanol–water partition coefficient (Wildman–Crippen LogP) is 1.36. The number of thiophene rings is 1. The highest BCUT2D eigenvalue weighted by molar-refractivity contribution is 7.95. The molecule has 1 unspecified atom stereocenters. The lowest BCUT2D eigenvalue weighted by atomic mass is 9.92. The molecule has 2 heterocycles. The fraction of sp³-hybridized carbons (Fsp3) is 0.706. The molecule has 2 rings (SSSR count). The van der Waals surface area contributed by atoms with Crippen LogP contribution in [0.4, 0.5) is 0 Å². The van der Waals surface area contributed by atoms with Crippen molar-refractivity contribution in [3.63, 3.8) is 0 Å². The topological polar surface area (TPSA) is 130 Å². The Morgan fingerprint density at radius 3 is 2.54 bits per heavy atom. The van der Waals surface area contributed by atoms with E-state index in [1.54, 1.807) is 13.8 Å². The number of hydrogen-bond acceptors (Lipinski definition) is 8. The number of ketones is 1. The largest absolute Gasteiger partial charge is 0.386 e. The zero-order valence-electron chi connectivity index (χ0n) is 16.6. The molecule has 28 heavy (non-hydrogen) atoms. The Labute approximate surface area is 170 Å². The maximum atomic E-state index is 13.0. The van der Waals surface area contributed by atoms with Gasteiger partial charge in [0.05, 0.1) is 10.8 Å². The Morgan fingerprint density at radius 1 is 1.43 bits per heavy atom. The number of hydrogen-bond donors (Lipinski definition) is 3. The molecule has 0 radical (unpaired) electrons. The summed E-state index contributed by atoms with van der Waals surface area (Å²) in [5.41, 5.74) is -1.05. The van der Waals surface area contributed by atoms with Gasteiger partial charge in [-0.2, -0.15) is 4.72 Å². The number of sulfone groups is 1. The average Bonchev–Trinajstić information content (AvgIpc) is 3.06. The van der Waals surface area contributed by atoms with E-state index in [9.17, 15) is 26.7 Å². The monoisotopic (exact) mass is 452 g/mol. The van der Waals surface area contributed by atoms with Crippen LogP contribution in [0.2, 0.25) is 0 Å². The smallest absolute Gasteiger partial charge is 0.251 e. The first-order valence-electron chi connectivity index (χ1n) is 9.17. The third-order valence-electron chi connectivity index (χ3n) is 5.14. The van der Waals surface area contributed by atoms with E-state index in [1.165, 1.54) is 19.9 Å². The summed E-state index contributed by atoms with van der Waals surface area (Å²) in [4.78, 5) is 12.3. The Balaban J connectivity index is 2.52. The molecule has 0 fully saturated rings. The molecule has 0 amide bonds. The Kier molecular flexibility index (Phi) is 6.79. The van der Waals surface area contributed by atoms with Crippen molar-refractivity contribution in [2.75, 3.05) is 6.54 Å². The number of aliphatic hydroxyl groups is 1. The maximum Gasteiger partial charge on any atom is 0.251 e. The summed E-state index contributed by atoms with van der Waals surface area (Å²) in [5.74, 6) is -0.647. The number of rotatable bonds is 8. The molecule has 0 saturated carbocycles. The molecule has 4 atom stereocenters. The molecule has 1 aliphatic rings. The molecule has 1 aromatic heterocycles. The minimum Gasteiger partial charge on any atom is -0.386 e. The van der Waals surface area contributed by atoms with Gasteiger partial charge in [-0.3, -0.25) is 4.79 Å². The Morgan fingerprint density at radius 2 is 2.04 bits per heavy atom. The minimum absolute atomic E-state index is 0.0534. The lowest BCUT2D eigenvalue weighted by Gasteiger charge is -2.28. The lowest BCUT2D eigenvalue weighted by molar-refractivity contribution is -0.131. The van der Waals surface area contributed by atoms with E-state index in [0.717, 1.165) is 0 Å². The second-order valence-corrected chi connectivity index (χ2v) is 12.9. The molecule has 8 nitrogen and oxygen atoms in total. The van der Waals surface area contributed by atoms with Crippen molar-refractivity contribution in [2.45, 2.75) is 78.8 Å². The molecule has 0 aromatic carbocycles. The number of Topliss-reactive ketones (excluding diaryl/α,β-unsaturated/α-hetero) is 1. The summed E-state index contributed by atoms with van der Waals surface area (Å²) in [5, 5.41) is 12.2. The molecule has 0 aliphatic carbocycles. The number of fused-ring (bicyclic) bond motifs is 1. The highest BCUT2D eigenvalue weighted by Crippen LogP contribution is 2.43. The molecule has 0 bridgehead atoms. The van der Waals surface area contributed by atoms with E-state index >= 15 is 0 Å². The second kappa shape index (κ2) is 8.11. The van der Waals surface area contributed by atoms with Gasteiger partial charge in [-0.25, -0.2) is 16.8 Å². The summed E-state index contributed by atoms with van der Waals surface area (Å²) in [7, 11) is -7.78. The second-order valence-electron chi connectivity index (χ2n) is 7.34. The minimum atomic E-state index is -4.16. The number of nitrogens with one attached hydrogen (secondary N) is 2. The Bertz CT molecular complexity index is 952. The number of sulfonamides is 1. The van der Waals surface area contributed by atoms with Crippen LogP contribution in [0.1, 0.15) is 59.1 Å². The van der Waals surface area contributed by atoms with E-state index in [0.29, 0.717) is 29.9 Å². The molecule has 1 aliphatic heterocycles. The van der Waals surface area contributed by atoms with Crippen LogP contribution in [-0.2, 0) is 24.7 Å². The summed E-state index contributed by atoms with van der Waals surface area (Å²) in [6.45, 7) is 8.45. The third kappa shape index (κ3) is 4.19. The normalized spacial score (nSPS) is 24.9. The SMILES string of the molecule is CCN[C@H]1C[C@H](C)S(=O)(=O)c2sc(S(=O)(=O)NC(C)(CC)C(=O)[C@H](C)O)cc21. The quantitative estimate of drug-likeness (QED) is 0.543. The average molecular weight is 453 g/mol. The Hall–Kier alpha value is -0.850. The lowest BCUT2D eigenvalue weighted by Crippen LogP contribution is -2.54. The standard InChI is InChI=1S/C17H28N2O6S3/c1-6-17(5,15(21)11(4)20)19-28(24,25)14-9-12-13(18-7-2)8-10(3)27(22,23)16(12)26-14/h9-11,13,18-20H,6-8H2,1-5H3/t10-,11-,13-,17?/m0/s1. The molecular weight excluding hydrogens is 424 g/mol. The first-order valence-corrected chi connectivity index (χ1v) is 13.0. The van der Waals surface area contributed by atoms with Crippen molar-refractivity contribution in [3.8, 4) is 0 Å². The van der Waals surface area contributed by atoms with Crippen LogP contribution in [0.25, 0.3) is 0 Å². The van der Waals surface area contributed by atoms with Crippen molar-refractivity contribution >= 4 is 37.0 Å². The fourth-order valence-corrected chi connectivity index (χ4v) is 8.72. The molecule has 11 heteroatoms. The third-order valence-corrected chi connectivity index (χ3v) is 11.1. The molecule has 3 N–H and O–H groups in total. The van der Waals surface area contributed by atoms with Gasteiger partial charge < -0.3 is 10.4 Å². The molecule has 1 aromatic rings. The van der Waals surface area contributed by atoms with Gasteiger partial charge in [-0.1, -0.05) is 13.8 Å². The number of carbonyl (C=O) groups is 1. The van der Waals surface area contributed by atoms with Crippen LogP contribution in [0.5, 0.6) is 0 Å². The van der Waals surface area contributed by atoms with E-state index in [-0.39, 0.29) is 20.9 Å². The van der Waals surface area contributed by atoms with E-state index in [2.05, 4.69) is 10.0 Å². The zero-order valence-corrected chi connectivity index (χ0v) is 19.1. The van der Waals surface area contributed by atoms with Gasteiger partial charge in [0, 0.05) is 11.6 Å². The van der Waals surface area contributed by atoms with Gasteiger partial charge in [0.25, 0.3) is 10.0 Å². The summed E-state index contributed by atoms with van der Waals surface area (Å²) in [6, 6.07) is 1.12. The van der Waals surface area contributed by atoms with E-state index in [1.807, 2.05) is 6.92 Å². The van der Waals surface area contributed by atoms with Gasteiger partial charge in [-0.15, -0.1) is 11.3 Å². The van der Waals surface area contributed by atoms with Crippen molar-refractivity contribution in [3.05, 3.63) is 11.6 Å². The van der Waals surface area contributed by atoms with Crippen LogP contribution in [0, 0.1) is 0 Å². The molecular formula is C17H28N2O6S3. The highest BCUT2D eigenvalue weighted by Gasteiger charge is 2.42. The maximum absolute atomic E-state index is 13.0. The van der Waals surface area contributed by atoms with Crippen molar-refractivity contribution in [1.29, 1.82) is 0 Å². The predicted molar refractivity (Wildman–Crippen MR) is 108 cm³/mol. The van der Waals surface area contributed by atoms with Crippen LogP contribution in [-0.4, -0.2) is 51.2 Å². The van der Waals surface area contributed by atoms with E-state index < -0.39 is 42.5 Å². The summed E-state index contributed by atoms with van der Waals surface area (Å²) >= 11 is 0.702. The summed E-state index contributed by atoms with van der Waals surface area (Å²) in [6.07, 6.45) is -0.834. The van der Waals surface area contributed by atoms with Gasteiger partial charge in [0.2, 0.25) is 0 Å². The van der Waals surface area contributed by atoms with Crippen LogP contribution < -0.4 is 10.0 Å². The van der Waals surface area contributed by atoms with Gasteiger partial charge in [0.15, 0.2) is 15.6 Å². The fourth-order valence-electron chi connectivity index (χ4n) is 3.28. The van der Waals surface area contributed by atoms with Crippen molar-refractivity contribution in [1.82, 2.24) is 10.0 Å². The first kappa shape index (κ1) is 23.4. The highest BCUT2D eigenvalue weighted by atomic mass is 32.3. The van der Waals surface area contributed by atoms with E-state index in [4.69, 9.17) is 0 Å². The van der Waals surface area contributed by atoms with Crippen molar-refractivity contribution < 1.29 is 26.7 Å². The van der Waals surface area contributed by atoms with Crippen LogP contribution in [0.3, 0.4) is 0 Å². The van der Waals surface area contributed by atoms with Crippen LogP contribution >= 0.6 is 11.3 Å². The molecule has 160 valence electrons. The van der Waals surface area contributed by atoms with Gasteiger partial charge in [-0.05, 0) is 46.2 Å². The number of carbonyl (C=O) groups excluding carboxylic acids is 1. The van der Waals surface area contributed by atoms with Crippen LogP contribution in [0.15, 0.2) is 14.5 Å². The van der Waals surface area contributed by atoms with Gasteiger partial charge in [0.1, 0.15) is 14.5 Å². The zero-order chi connectivity index (χ0) is 21.5. The molecule has 0 saturated heterocycles. The van der Waals surface area contributed by atoms with Gasteiger partial charge >= 0.3 is 0 Å². The molecule has 0 spiro atoms. The summed E-state index contributed by atoms with van der Waals surface area (Å²) < 4.78 is 53.6. The van der Waals surface area contributed by atoms with Crippen molar-refractivity contribution in [2.24, 2.45) is 0 Å². The first-order chi connectivity index (χ1) is 12.8. The number of aliphatic hydroxyl groups excluding tert-OH is 1.